The Morgan fingerprint density at radius 3 is 1.28 bits per heavy atom. The van der Waals surface area contributed by atoms with E-state index in [1.807, 2.05) is 127 Å². The number of aldehydes is 1. The molecule has 0 radical (unpaired) electrons. The Labute approximate surface area is 773 Å². The summed E-state index contributed by atoms with van der Waals surface area (Å²) in [7, 11) is 7.36. The number of carbonyl (C=O) groups excluding carboxylic acids is 5. The number of Topliss-reactive ketones (excluding diaryl/α,β-unsaturated/α-hetero) is 2. The summed E-state index contributed by atoms with van der Waals surface area (Å²) in [5.41, 5.74) is 29.6. The number of aromatic nitrogens is 5. The summed E-state index contributed by atoms with van der Waals surface area (Å²) >= 11 is 11.1. The fourth-order valence-electron chi connectivity index (χ4n) is 16.2. The first kappa shape index (κ1) is 106. The third kappa shape index (κ3) is 30.6. The Balaban J connectivity index is 0.000000368. The summed E-state index contributed by atoms with van der Waals surface area (Å²) in [5, 5.41) is 0.617. The number of amides is 2. The van der Waals surface area contributed by atoms with Crippen LogP contribution in [0.3, 0.4) is 0 Å². The summed E-state index contributed by atoms with van der Waals surface area (Å²) in [5.74, 6) is 16.8. The molecule has 10 aromatic rings. The van der Waals surface area contributed by atoms with E-state index in [0.717, 1.165) is 143 Å². The van der Waals surface area contributed by atoms with Crippen molar-refractivity contribution in [2.24, 2.45) is 40.8 Å². The number of anilines is 4. The van der Waals surface area contributed by atoms with Crippen LogP contribution in [0.1, 0.15) is 131 Å². The van der Waals surface area contributed by atoms with Gasteiger partial charge in [0.25, 0.3) is 5.91 Å². The number of hydrogen-bond acceptors (Lipinski definition) is 20. The van der Waals surface area contributed by atoms with Gasteiger partial charge < -0.3 is 60.8 Å². The molecule has 10 bridgehead atoms. The quantitative estimate of drug-likeness (QED) is 0.00815. The van der Waals surface area contributed by atoms with Gasteiger partial charge >= 0.3 is 29.6 Å². The number of nitrogens with two attached hydrogens (primary N) is 5. The van der Waals surface area contributed by atoms with E-state index in [1.165, 1.54) is 89.2 Å². The Morgan fingerprint density at radius 2 is 0.911 bits per heavy atom. The third-order valence-corrected chi connectivity index (χ3v) is 22.3. The minimum atomic E-state index is -1.67. The van der Waals surface area contributed by atoms with Crippen molar-refractivity contribution >= 4 is 112 Å². The molecule has 9 saturated heterocycles. The molecule has 13 N–H and O–H groups in total. The average molecular weight is 2070 g/mol. The van der Waals surface area contributed by atoms with Crippen molar-refractivity contribution in [3.05, 3.63) is 280 Å². The first-order valence-electron chi connectivity index (χ1n) is 39.7. The Bertz CT molecular complexity index is 4950. The maximum atomic E-state index is 12.1. The second-order valence-corrected chi connectivity index (χ2v) is 32.5. The fraction of sp³-hybridized carbons (Fsp3) is 0.326. The predicted molar refractivity (Wildman–Crippen MR) is 492 cm³/mol. The zero-order valence-corrected chi connectivity index (χ0v) is 81.5. The standard InChI is InChI=1S/C16H15ClN2.C16H18N4.C16H16N2O.C14H15NO.C7H8N2O.C7H11NO.C7H6O.C5H5N.C2H4ClNO.2CH4.Cl2OS.ClH.Db.H4N2.Na.H2O.H/c17-14-10-13(11-4-2-1-3-5-11)16-15(18-14)12-6-8-19(16)9-7-12;17-19-14-10-13(11-4-2-1-3-5-11)16-15(18-14)12-6-8-20(16)9-7-12;19-14-10-13(11-4-2-1-3-5-11)16-15(17-14)12-6-8-18(16)9-7-12;16-14-12-6-8-15(9-7-12)13(14)10-11-4-2-1-3-5-11;8-7(10)6-9-4-2-1-3-5-9;9-7-5-8-3-1-6(7)2-4-8;8-6-7-4-2-1-3-5-7;1-2-4-6-5-3-1;3-1-2(4)5;;;1-4(2)3;;;1-2;;;/h1-5,10,12H,6-9H2;1-5,10,12H,6-9,17H2,(H,18,19);1-5,10,12H,6-9H2,(H,17,19);1-5,10,12H,6-9H2;1-5H,6H2,(H-,8,10);6H,1-5H2;1-6H;1-5H;1H2,(H2,4,5);2*1H4;;1H;;1-2H2;;1H2;/q;;;;;;;;;;;;;;;+1;;-1/p-1/b;;;13-10-;;;;;;;;;;;;;;/i;;;;;;;;;;;;;;;;;1+1. The summed E-state index contributed by atoms with van der Waals surface area (Å²) in [4.78, 5) is 92.9. The van der Waals surface area contributed by atoms with Crippen LogP contribution in [0.25, 0.3) is 39.5 Å². The van der Waals surface area contributed by atoms with Gasteiger partial charge in [-0.1, -0.05) is 190 Å². The molecule has 0 atom stereocenters. The molecule has 0 aliphatic carbocycles. The molecular weight excluding hydrogens is 1960 g/mol. The molecule has 0 spiro atoms. The number of alkyl halides is 1. The molecule has 24 nitrogen and oxygen atoms in total. The zero-order chi connectivity index (χ0) is 83.7. The molecule has 9 fully saturated rings. The second kappa shape index (κ2) is 55.2. The van der Waals surface area contributed by atoms with Crippen LogP contribution in [0.4, 0.5) is 22.9 Å². The van der Waals surface area contributed by atoms with Crippen molar-refractivity contribution in [3.8, 4) is 33.4 Å². The third-order valence-electron chi connectivity index (χ3n) is 21.8. The first-order valence-corrected chi connectivity index (χ1v) is 43.4. The molecule has 20 heterocycles. The van der Waals surface area contributed by atoms with Gasteiger partial charge in [-0.2, -0.15) is 4.57 Å². The van der Waals surface area contributed by atoms with Gasteiger partial charge in [-0.05, 0) is 130 Å². The van der Waals surface area contributed by atoms with Crippen LogP contribution in [0.15, 0.2) is 242 Å². The number of rotatable bonds is 9. The average Bonchev–Trinajstić information content (AvgIpc) is 0.758. The maximum Gasteiger partial charge on any atom is 1.00 e. The number of carbonyl (C=O) groups is 5. The largest absolute Gasteiger partial charge is 1.00 e. The van der Waals surface area contributed by atoms with Crippen molar-refractivity contribution in [1.29, 1.82) is 0 Å². The van der Waals surface area contributed by atoms with Crippen molar-refractivity contribution in [1.82, 2.24) is 29.7 Å². The van der Waals surface area contributed by atoms with Gasteiger partial charge in [0.2, 0.25) is 27.2 Å². The minimum absolute atomic E-state index is 0. The van der Waals surface area contributed by atoms with E-state index >= 15 is 0 Å². The number of H-pyrrole nitrogens is 1. The molecule has 5 aromatic heterocycles. The number of nitrogen functional groups attached to an aromatic ring is 1. The van der Waals surface area contributed by atoms with Crippen molar-refractivity contribution in [2.45, 2.75) is 103 Å². The summed E-state index contributed by atoms with van der Waals surface area (Å²) < 4.78 is 10.8. The number of primary amides is 2. The van der Waals surface area contributed by atoms with Gasteiger partial charge in [-0.3, -0.25) is 50.3 Å². The van der Waals surface area contributed by atoms with Crippen LogP contribution >= 0.6 is 44.6 Å². The maximum absolute atomic E-state index is 12.1. The monoisotopic (exact) mass is 2070 g/mol. The van der Waals surface area contributed by atoms with Crippen molar-refractivity contribution in [2.75, 3.05) is 98.0 Å². The number of halogens is 5. The van der Waals surface area contributed by atoms with Gasteiger partial charge in [0.1, 0.15) is 28.9 Å². The number of pyridine rings is 5. The Kier molecular flexibility index (Phi) is 47.2. The summed E-state index contributed by atoms with van der Waals surface area (Å²) in [6.45, 7) is 12.3. The molecule has 0 unspecified atom stereocenters. The number of hydrogen-bond donors (Lipinski definition) is 7. The minimum Gasteiger partial charge on any atom is -1.00 e. The predicted octanol–water partition coefficient (Wildman–Crippen LogP) is 9.00. The van der Waals surface area contributed by atoms with Crippen LogP contribution in [-0.2, 0) is 34.9 Å². The molecule has 2 amide bonds. The number of fused-ring (bicyclic) bond motifs is 12. The topological polar surface area (TPSA) is 366 Å². The van der Waals surface area contributed by atoms with E-state index in [4.69, 9.17) is 44.0 Å². The van der Waals surface area contributed by atoms with Gasteiger partial charge in [-0.15, -0.1) is 11.6 Å². The smallest absolute Gasteiger partial charge is 1.00 e. The van der Waals surface area contributed by atoms with Crippen LogP contribution in [0.2, 0.25) is 5.15 Å². The molecule has 15 aliphatic heterocycles. The van der Waals surface area contributed by atoms with Crippen LogP contribution in [0, 0.1) is 11.8 Å². The van der Waals surface area contributed by atoms with E-state index in [1.54, 1.807) is 47.6 Å². The molecule has 32 heteroatoms. The molecule has 5 aromatic carbocycles. The second-order valence-electron chi connectivity index (χ2n) is 29.3. The number of allylic oxidation sites excluding steroid dienone is 1. The van der Waals surface area contributed by atoms with Gasteiger partial charge in [0.15, 0.2) is 18.2 Å². The molecule has 15 aliphatic rings. The molecule has 0 saturated carbocycles. The summed E-state index contributed by atoms with van der Waals surface area (Å²) in [6, 6.07) is 67.6. The number of aromatic amines is 1. The number of benzene rings is 5. The number of piperidine rings is 9. The number of nitrogens with one attached hydrogen (secondary N) is 2. The van der Waals surface area contributed by atoms with Crippen molar-refractivity contribution < 1.29 is 81.6 Å². The van der Waals surface area contributed by atoms with Crippen LogP contribution in [-0.4, -0.2) is 147 Å². The number of nitrogens with zero attached hydrogens (tertiary/aromatic N) is 9. The first-order chi connectivity index (χ1) is 57.4. The van der Waals surface area contributed by atoms with Gasteiger partial charge in [-0.25, -0.2) is 20.0 Å². The van der Waals surface area contributed by atoms with E-state index in [2.05, 4.69) is 150 Å². The number of ketones is 2. The Hall–Kier alpha value is -10.3. The number of hydrazine groups is 2. The van der Waals surface area contributed by atoms with Gasteiger partial charge in [0, 0.05) is 162 Å². The van der Waals surface area contributed by atoms with E-state index < -0.39 is 15.1 Å². The summed E-state index contributed by atoms with van der Waals surface area (Å²) in [6.07, 6.45) is 21.5. The van der Waals surface area contributed by atoms with Crippen LogP contribution < -0.4 is 101 Å². The van der Waals surface area contributed by atoms with Crippen molar-refractivity contribution in [3.63, 3.8) is 0 Å². The molecular formula is C92H113Cl5DbN16NaO8S-. The Morgan fingerprint density at radius 1 is 0.532 bits per heavy atom. The SMILES string of the molecule is C.C.Clc1cc(-c2ccccc2)c2c(n1)C1CCN2CC1.NC(=O)CCl.NC(=O)C[n+]1ccccc1.NN.NNc1cc(-c2ccccc2)c2c(n1)C1CCN2CC1.O=C1/C(=C/c2ccccc2)N2CCC1CC2.O=C1CN2CCC1CC2.O=Cc1ccccc1.O=S(Cl)Cl.O=c1cc(-c2ccccc2)c2c([nH]1)C1CCN2CC1.[2H-].[Cl-].[Db].[Na+].[OH-].c1ccncc1. The molecule has 124 heavy (non-hydrogen) atoms. The molecule has 25 rings (SSSR count). The van der Waals surface area contributed by atoms with Crippen LogP contribution in [0.5, 0.6) is 0 Å². The zero-order valence-electron chi connectivity index (χ0n) is 69.5. The normalized spacial score (nSPS) is 16.5. The van der Waals surface area contributed by atoms with E-state index in [9.17, 15) is 28.8 Å². The van der Waals surface area contributed by atoms with E-state index in [0.29, 0.717) is 46.3 Å². The fourth-order valence-corrected chi connectivity index (χ4v) is 16.4. The van der Waals surface area contributed by atoms with Gasteiger partial charge in [0.05, 0.1) is 40.7 Å². The molecule has 654 valence electrons. The van der Waals surface area contributed by atoms with E-state index in [-0.39, 0.29) is 87.6 Å².